The summed E-state index contributed by atoms with van der Waals surface area (Å²) in [6.45, 7) is 2.92. The number of benzene rings is 1. The van der Waals surface area contributed by atoms with E-state index < -0.39 is 0 Å². The number of amides is 1. The predicted molar refractivity (Wildman–Crippen MR) is 89.5 cm³/mol. The summed E-state index contributed by atoms with van der Waals surface area (Å²) in [4.78, 5) is 12.4. The Kier molecular flexibility index (Phi) is 6.06. The molecule has 1 aliphatic carbocycles. The zero-order chi connectivity index (χ0) is 15.9. The summed E-state index contributed by atoms with van der Waals surface area (Å²) in [5, 5.41) is 3.07. The number of carbonyl (C=O) groups excluding carboxylic acids is 1. The molecule has 1 aromatic rings. The molecule has 0 radical (unpaired) electrons. The summed E-state index contributed by atoms with van der Waals surface area (Å²) < 4.78 is 11.1. The Morgan fingerprint density at radius 3 is 3.04 bits per heavy atom. The Bertz CT molecular complexity index is 511. The first kappa shape index (κ1) is 16.5. The third kappa shape index (κ3) is 4.55. The molecule has 23 heavy (non-hydrogen) atoms. The highest BCUT2D eigenvalue weighted by Crippen LogP contribution is 2.31. The Hall–Kier alpha value is -1.39. The van der Waals surface area contributed by atoms with Gasteiger partial charge >= 0.3 is 0 Å². The van der Waals surface area contributed by atoms with Crippen LogP contribution in [0, 0.1) is 0 Å². The van der Waals surface area contributed by atoms with Crippen molar-refractivity contribution in [2.24, 2.45) is 0 Å². The molecule has 1 aliphatic heterocycles. The molecular formula is C19H27NO3. The second-order valence-electron chi connectivity index (χ2n) is 6.50. The van der Waals surface area contributed by atoms with E-state index in [9.17, 15) is 4.79 Å². The maximum Gasteiger partial charge on any atom is 0.227 e. The van der Waals surface area contributed by atoms with Gasteiger partial charge in [0.2, 0.25) is 5.91 Å². The molecule has 1 aromatic carbocycles. The highest BCUT2D eigenvalue weighted by molar-refractivity contribution is 5.84. The number of rotatable bonds is 7. The van der Waals surface area contributed by atoms with Crippen molar-refractivity contribution in [3.8, 4) is 0 Å². The van der Waals surface area contributed by atoms with Gasteiger partial charge < -0.3 is 14.8 Å². The number of hydrogen-bond acceptors (Lipinski definition) is 3. The lowest BCUT2D eigenvalue weighted by atomic mass is 9.82. The number of ether oxygens (including phenoxy) is 2. The molecule has 3 rings (SSSR count). The van der Waals surface area contributed by atoms with E-state index in [-0.39, 0.29) is 17.9 Å². The van der Waals surface area contributed by atoms with Gasteiger partial charge in [0, 0.05) is 19.8 Å². The molecule has 0 spiro atoms. The molecule has 1 amide bonds. The van der Waals surface area contributed by atoms with Crippen molar-refractivity contribution in [2.45, 2.75) is 50.5 Å². The van der Waals surface area contributed by atoms with Crippen molar-refractivity contribution in [1.82, 2.24) is 5.32 Å². The molecular weight excluding hydrogens is 290 g/mol. The third-order valence-electron chi connectivity index (χ3n) is 4.78. The van der Waals surface area contributed by atoms with Gasteiger partial charge in [0.15, 0.2) is 0 Å². The summed E-state index contributed by atoms with van der Waals surface area (Å²) in [7, 11) is 0. The maximum atomic E-state index is 12.4. The van der Waals surface area contributed by atoms with E-state index in [2.05, 4.69) is 23.5 Å². The molecule has 1 heterocycles. The van der Waals surface area contributed by atoms with E-state index in [4.69, 9.17) is 9.47 Å². The lowest BCUT2D eigenvalue weighted by Crippen LogP contribution is -2.32. The second-order valence-corrected chi connectivity index (χ2v) is 6.50. The van der Waals surface area contributed by atoms with Gasteiger partial charge in [0.05, 0.1) is 18.6 Å². The molecule has 1 saturated heterocycles. The Morgan fingerprint density at radius 1 is 1.26 bits per heavy atom. The molecule has 4 heteroatoms. The topological polar surface area (TPSA) is 47.6 Å². The van der Waals surface area contributed by atoms with Crippen LogP contribution < -0.4 is 5.32 Å². The summed E-state index contributed by atoms with van der Waals surface area (Å²) in [6.07, 6.45) is 6.54. The van der Waals surface area contributed by atoms with Gasteiger partial charge in [-0.05, 0) is 49.7 Å². The smallest absolute Gasteiger partial charge is 0.227 e. The minimum absolute atomic E-state index is 0.0211. The van der Waals surface area contributed by atoms with E-state index in [0.29, 0.717) is 19.8 Å². The van der Waals surface area contributed by atoms with Gasteiger partial charge in [-0.15, -0.1) is 0 Å². The SMILES string of the molecule is O=C(NCCCOCC1CCCO1)C1CCCc2ccccc21. The van der Waals surface area contributed by atoms with E-state index in [1.54, 1.807) is 0 Å². The van der Waals surface area contributed by atoms with Crippen molar-refractivity contribution in [3.05, 3.63) is 35.4 Å². The number of carbonyl (C=O) groups is 1. The molecule has 1 fully saturated rings. The van der Waals surface area contributed by atoms with Crippen molar-refractivity contribution >= 4 is 5.91 Å². The first-order valence-corrected chi connectivity index (χ1v) is 8.89. The molecule has 2 atom stereocenters. The fourth-order valence-electron chi connectivity index (χ4n) is 3.53. The van der Waals surface area contributed by atoms with Crippen LogP contribution in [0.2, 0.25) is 0 Å². The molecule has 2 aliphatic rings. The van der Waals surface area contributed by atoms with E-state index in [0.717, 1.165) is 45.1 Å². The predicted octanol–water partition coefficient (Wildman–Crippen LogP) is 2.81. The van der Waals surface area contributed by atoms with Crippen LogP contribution in [0.25, 0.3) is 0 Å². The molecule has 2 unspecified atom stereocenters. The van der Waals surface area contributed by atoms with Crippen molar-refractivity contribution < 1.29 is 14.3 Å². The second kappa shape index (κ2) is 8.46. The lowest BCUT2D eigenvalue weighted by Gasteiger charge is -2.24. The van der Waals surface area contributed by atoms with Crippen LogP contribution in [0.5, 0.6) is 0 Å². The summed E-state index contributed by atoms with van der Waals surface area (Å²) in [5.41, 5.74) is 2.55. The van der Waals surface area contributed by atoms with Crippen LogP contribution >= 0.6 is 0 Å². The van der Waals surface area contributed by atoms with E-state index in [1.165, 1.54) is 11.1 Å². The van der Waals surface area contributed by atoms with E-state index in [1.807, 2.05) is 6.07 Å². The van der Waals surface area contributed by atoms with Crippen LogP contribution in [0.3, 0.4) is 0 Å². The number of nitrogens with one attached hydrogen (secondary N) is 1. The lowest BCUT2D eigenvalue weighted by molar-refractivity contribution is -0.122. The highest BCUT2D eigenvalue weighted by atomic mass is 16.5. The molecule has 0 aromatic heterocycles. The van der Waals surface area contributed by atoms with Gasteiger partial charge in [0.1, 0.15) is 0 Å². The molecule has 4 nitrogen and oxygen atoms in total. The Morgan fingerprint density at radius 2 is 2.17 bits per heavy atom. The van der Waals surface area contributed by atoms with Crippen LogP contribution in [0.4, 0.5) is 0 Å². The Labute approximate surface area is 138 Å². The standard InChI is InChI=1S/C19H27NO3/c21-19(18-10-3-7-15-6-1-2-9-17(15)18)20-11-5-12-22-14-16-8-4-13-23-16/h1-2,6,9,16,18H,3-5,7-8,10-14H2,(H,20,21). The van der Waals surface area contributed by atoms with Crippen LogP contribution in [-0.4, -0.2) is 38.4 Å². The number of hydrogen-bond donors (Lipinski definition) is 1. The third-order valence-corrected chi connectivity index (χ3v) is 4.78. The largest absolute Gasteiger partial charge is 0.379 e. The fourth-order valence-corrected chi connectivity index (χ4v) is 3.53. The normalized spacial score (nSPS) is 23.5. The molecule has 0 bridgehead atoms. The average molecular weight is 317 g/mol. The van der Waals surface area contributed by atoms with Crippen LogP contribution in [-0.2, 0) is 20.7 Å². The van der Waals surface area contributed by atoms with Crippen molar-refractivity contribution in [2.75, 3.05) is 26.4 Å². The van der Waals surface area contributed by atoms with Crippen molar-refractivity contribution in [1.29, 1.82) is 0 Å². The van der Waals surface area contributed by atoms with Gasteiger partial charge in [-0.25, -0.2) is 0 Å². The number of aryl methyl sites for hydroxylation is 1. The first-order chi connectivity index (χ1) is 11.3. The highest BCUT2D eigenvalue weighted by Gasteiger charge is 2.25. The Balaban J connectivity index is 1.35. The summed E-state index contributed by atoms with van der Waals surface area (Å²) >= 11 is 0. The fraction of sp³-hybridized carbons (Fsp3) is 0.632. The first-order valence-electron chi connectivity index (χ1n) is 8.89. The van der Waals surface area contributed by atoms with Crippen molar-refractivity contribution in [3.63, 3.8) is 0 Å². The minimum atomic E-state index is 0.0211. The van der Waals surface area contributed by atoms with Crippen LogP contribution in [0.1, 0.15) is 49.1 Å². The maximum absolute atomic E-state index is 12.4. The van der Waals surface area contributed by atoms with Crippen LogP contribution in [0.15, 0.2) is 24.3 Å². The van der Waals surface area contributed by atoms with Gasteiger partial charge in [-0.3, -0.25) is 4.79 Å². The molecule has 1 N–H and O–H groups in total. The van der Waals surface area contributed by atoms with Gasteiger partial charge in [-0.1, -0.05) is 24.3 Å². The minimum Gasteiger partial charge on any atom is -0.379 e. The van der Waals surface area contributed by atoms with E-state index >= 15 is 0 Å². The zero-order valence-electron chi connectivity index (χ0n) is 13.8. The molecule has 126 valence electrons. The monoisotopic (exact) mass is 317 g/mol. The van der Waals surface area contributed by atoms with Gasteiger partial charge in [-0.2, -0.15) is 0 Å². The zero-order valence-corrected chi connectivity index (χ0v) is 13.8. The van der Waals surface area contributed by atoms with Gasteiger partial charge in [0.25, 0.3) is 0 Å². The quantitative estimate of drug-likeness (QED) is 0.787. The molecule has 0 saturated carbocycles. The number of fused-ring (bicyclic) bond motifs is 1. The summed E-state index contributed by atoms with van der Waals surface area (Å²) in [6, 6.07) is 8.34. The average Bonchev–Trinajstić information content (AvgIpc) is 3.10. The summed E-state index contributed by atoms with van der Waals surface area (Å²) in [5.74, 6) is 0.184.